The molecule has 0 saturated carbocycles. The number of hydrogen-bond acceptors (Lipinski definition) is 3. The van der Waals surface area contributed by atoms with Crippen molar-refractivity contribution >= 4 is 16.7 Å². The van der Waals surface area contributed by atoms with E-state index in [1.807, 2.05) is 18.2 Å². The molecule has 0 bridgehead atoms. The molecule has 18 heavy (non-hydrogen) atoms. The summed E-state index contributed by atoms with van der Waals surface area (Å²) in [7, 11) is 0. The minimum absolute atomic E-state index is 0.0732. The average molecular weight is 244 g/mol. The summed E-state index contributed by atoms with van der Waals surface area (Å²) in [6.07, 6.45) is 0.0732. The van der Waals surface area contributed by atoms with E-state index in [1.165, 1.54) is 0 Å². The van der Waals surface area contributed by atoms with Crippen molar-refractivity contribution in [3.63, 3.8) is 0 Å². The van der Waals surface area contributed by atoms with Gasteiger partial charge >= 0.3 is 5.97 Å². The molecule has 1 fully saturated rings. The molecule has 0 spiro atoms. The van der Waals surface area contributed by atoms with Crippen molar-refractivity contribution in [2.45, 2.75) is 6.10 Å². The summed E-state index contributed by atoms with van der Waals surface area (Å²) in [5, 5.41) is 10.7. The van der Waals surface area contributed by atoms with Gasteiger partial charge in [-0.2, -0.15) is 0 Å². The Balaban J connectivity index is 2.10. The van der Waals surface area contributed by atoms with Crippen LogP contribution < -0.4 is 4.74 Å². The van der Waals surface area contributed by atoms with Crippen LogP contribution in [-0.2, 0) is 4.74 Å². The second kappa shape index (κ2) is 4.31. The third-order valence-corrected chi connectivity index (χ3v) is 3.02. The maximum atomic E-state index is 11.2. The summed E-state index contributed by atoms with van der Waals surface area (Å²) in [5.74, 6) is -0.214. The predicted octanol–water partition coefficient (Wildman–Crippen LogP) is 2.32. The summed E-state index contributed by atoms with van der Waals surface area (Å²) in [4.78, 5) is 11.2. The van der Waals surface area contributed by atoms with Crippen molar-refractivity contribution in [1.29, 1.82) is 0 Å². The zero-order chi connectivity index (χ0) is 12.5. The summed E-state index contributed by atoms with van der Waals surface area (Å²) in [6.45, 7) is 1.18. The fourth-order valence-corrected chi connectivity index (χ4v) is 2.02. The predicted molar refractivity (Wildman–Crippen MR) is 66.1 cm³/mol. The Kier molecular flexibility index (Phi) is 2.64. The van der Waals surface area contributed by atoms with E-state index in [9.17, 15) is 4.79 Å². The molecule has 0 aliphatic carbocycles. The zero-order valence-corrected chi connectivity index (χ0v) is 9.63. The van der Waals surface area contributed by atoms with E-state index in [-0.39, 0.29) is 6.10 Å². The lowest BCUT2D eigenvalue weighted by Crippen LogP contribution is -2.38. The van der Waals surface area contributed by atoms with Crippen LogP contribution in [0.15, 0.2) is 36.4 Å². The zero-order valence-electron chi connectivity index (χ0n) is 9.63. The number of hydrogen-bond donors (Lipinski definition) is 1. The highest BCUT2D eigenvalue weighted by molar-refractivity contribution is 6.05. The van der Waals surface area contributed by atoms with Crippen molar-refractivity contribution in [3.05, 3.63) is 42.0 Å². The number of carboxylic acid groups (broad SMARTS) is 1. The van der Waals surface area contributed by atoms with Crippen LogP contribution in [0.25, 0.3) is 10.8 Å². The molecular formula is C14H12O4. The van der Waals surface area contributed by atoms with Gasteiger partial charge < -0.3 is 14.6 Å². The Morgan fingerprint density at radius 3 is 2.50 bits per heavy atom. The quantitative estimate of drug-likeness (QED) is 0.900. The lowest BCUT2D eigenvalue weighted by atomic mass is 10.0. The third kappa shape index (κ3) is 1.80. The monoisotopic (exact) mass is 244 g/mol. The number of aromatic carboxylic acids is 1. The van der Waals surface area contributed by atoms with E-state index in [4.69, 9.17) is 14.6 Å². The number of benzene rings is 2. The number of carbonyl (C=O) groups is 1. The maximum Gasteiger partial charge on any atom is 0.336 e. The largest absolute Gasteiger partial charge is 0.485 e. The van der Waals surface area contributed by atoms with Gasteiger partial charge in [0.1, 0.15) is 11.9 Å². The molecule has 2 aromatic rings. The highest BCUT2D eigenvalue weighted by Crippen LogP contribution is 2.30. The van der Waals surface area contributed by atoms with Crippen molar-refractivity contribution in [2.24, 2.45) is 0 Å². The van der Waals surface area contributed by atoms with E-state index < -0.39 is 5.97 Å². The van der Waals surface area contributed by atoms with E-state index in [0.717, 1.165) is 5.39 Å². The molecule has 0 radical (unpaired) electrons. The Morgan fingerprint density at radius 1 is 1.17 bits per heavy atom. The standard InChI is InChI=1S/C14H12O4/c15-14(16)12-5-6-13(18-9-7-17-8-9)11-4-2-1-3-10(11)12/h1-6,9H,7-8H2,(H,15,16). The van der Waals surface area contributed by atoms with Gasteiger partial charge in [-0.15, -0.1) is 0 Å². The Hall–Kier alpha value is -2.07. The minimum Gasteiger partial charge on any atom is -0.485 e. The normalized spacial score (nSPS) is 15.3. The van der Waals surface area contributed by atoms with Crippen LogP contribution in [0.5, 0.6) is 5.75 Å². The molecule has 1 heterocycles. The van der Waals surface area contributed by atoms with Crippen LogP contribution >= 0.6 is 0 Å². The van der Waals surface area contributed by atoms with Gasteiger partial charge in [-0.25, -0.2) is 4.79 Å². The maximum absolute atomic E-state index is 11.2. The van der Waals surface area contributed by atoms with E-state index >= 15 is 0 Å². The van der Waals surface area contributed by atoms with Gasteiger partial charge in [0, 0.05) is 5.39 Å². The smallest absolute Gasteiger partial charge is 0.336 e. The van der Waals surface area contributed by atoms with Gasteiger partial charge in [0.25, 0.3) is 0 Å². The minimum atomic E-state index is -0.926. The summed E-state index contributed by atoms with van der Waals surface area (Å²) in [5.41, 5.74) is 0.294. The van der Waals surface area contributed by atoms with Gasteiger partial charge in [0.2, 0.25) is 0 Å². The summed E-state index contributed by atoms with van der Waals surface area (Å²) < 4.78 is 10.8. The molecule has 1 aliphatic heterocycles. The van der Waals surface area contributed by atoms with Gasteiger partial charge in [0.15, 0.2) is 0 Å². The number of ether oxygens (including phenoxy) is 2. The molecule has 1 saturated heterocycles. The first kappa shape index (κ1) is 11.0. The molecule has 1 N–H and O–H groups in total. The van der Waals surface area contributed by atoms with Crippen molar-refractivity contribution < 1.29 is 19.4 Å². The Morgan fingerprint density at radius 2 is 1.89 bits per heavy atom. The highest BCUT2D eigenvalue weighted by atomic mass is 16.6. The van der Waals surface area contributed by atoms with Gasteiger partial charge in [0.05, 0.1) is 18.8 Å². The Labute approximate surface area is 104 Å². The third-order valence-electron chi connectivity index (χ3n) is 3.02. The van der Waals surface area contributed by atoms with Crippen molar-refractivity contribution in [1.82, 2.24) is 0 Å². The van der Waals surface area contributed by atoms with Crippen LogP contribution in [0.4, 0.5) is 0 Å². The molecule has 0 aromatic heterocycles. The van der Waals surface area contributed by atoms with Crippen LogP contribution in [0.3, 0.4) is 0 Å². The van der Waals surface area contributed by atoms with E-state index in [1.54, 1.807) is 18.2 Å². The lowest BCUT2D eigenvalue weighted by molar-refractivity contribution is -0.0791. The topological polar surface area (TPSA) is 55.8 Å². The number of carboxylic acids is 1. The molecule has 1 aliphatic rings. The van der Waals surface area contributed by atoms with Gasteiger partial charge in [-0.3, -0.25) is 0 Å². The summed E-state index contributed by atoms with van der Waals surface area (Å²) >= 11 is 0. The molecule has 4 nitrogen and oxygen atoms in total. The van der Waals surface area contributed by atoms with Gasteiger partial charge in [-0.05, 0) is 17.5 Å². The lowest BCUT2D eigenvalue weighted by Gasteiger charge is -2.27. The van der Waals surface area contributed by atoms with E-state index in [2.05, 4.69) is 0 Å². The molecule has 92 valence electrons. The van der Waals surface area contributed by atoms with Gasteiger partial charge in [-0.1, -0.05) is 24.3 Å². The second-order valence-corrected chi connectivity index (χ2v) is 4.24. The van der Waals surface area contributed by atoms with Crippen molar-refractivity contribution in [3.8, 4) is 5.75 Å². The summed E-state index contributed by atoms with van der Waals surface area (Å²) in [6, 6.07) is 10.7. The SMILES string of the molecule is O=C(O)c1ccc(OC2COC2)c2ccccc12. The molecular weight excluding hydrogens is 232 g/mol. The molecule has 0 atom stereocenters. The average Bonchev–Trinajstić information content (AvgIpc) is 2.33. The highest BCUT2D eigenvalue weighted by Gasteiger charge is 2.21. The van der Waals surface area contributed by atoms with Crippen LogP contribution in [0.1, 0.15) is 10.4 Å². The fourth-order valence-electron chi connectivity index (χ4n) is 2.02. The number of fused-ring (bicyclic) bond motifs is 1. The van der Waals surface area contributed by atoms with Crippen LogP contribution in [0, 0.1) is 0 Å². The molecule has 3 rings (SSSR count). The fraction of sp³-hybridized carbons (Fsp3) is 0.214. The first-order valence-electron chi connectivity index (χ1n) is 5.75. The first-order chi connectivity index (χ1) is 8.75. The van der Waals surface area contributed by atoms with E-state index in [0.29, 0.717) is 29.9 Å². The molecule has 4 heteroatoms. The second-order valence-electron chi connectivity index (χ2n) is 4.24. The van der Waals surface area contributed by atoms with Crippen molar-refractivity contribution in [2.75, 3.05) is 13.2 Å². The molecule has 0 unspecified atom stereocenters. The Bertz CT molecular complexity index is 602. The molecule has 2 aromatic carbocycles. The number of rotatable bonds is 3. The van der Waals surface area contributed by atoms with Crippen LogP contribution in [-0.4, -0.2) is 30.4 Å². The first-order valence-corrected chi connectivity index (χ1v) is 5.75. The molecule has 0 amide bonds. The van der Waals surface area contributed by atoms with Crippen LogP contribution in [0.2, 0.25) is 0 Å².